The Morgan fingerprint density at radius 1 is 1.30 bits per heavy atom. The minimum atomic E-state index is -3.54. The highest BCUT2D eigenvalue weighted by Gasteiger charge is 2.18. The average Bonchev–Trinajstić information content (AvgIpc) is 2.99. The van der Waals surface area contributed by atoms with Gasteiger partial charge >= 0.3 is 0 Å². The van der Waals surface area contributed by atoms with E-state index in [0.717, 1.165) is 6.26 Å². The minimum absolute atomic E-state index is 0.0574. The molecule has 3 rings (SSSR count). The zero-order chi connectivity index (χ0) is 19.6. The van der Waals surface area contributed by atoms with E-state index in [2.05, 4.69) is 10.4 Å². The van der Waals surface area contributed by atoms with Crippen LogP contribution in [0.15, 0.2) is 47.5 Å². The third kappa shape index (κ3) is 4.29. The molecule has 0 saturated carbocycles. The predicted octanol–water partition coefficient (Wildman–Crippen LogP) is 2.27. The quantitative estimate of drug-likeness (QED) is 0.652. The van der Waals surface area contributed by atoms with Crippen molar-refractivity contribution in [2.45, 2.75) is 17.9 Å². The van der Waals surface area contributed by atoms with Gasteiger partial charge in [0.15, 0.2) is 9.84 Å². The Hall–Kier alpha value is -2.42. The van der Waals surface area contributed by atoms with E-state index < -0.39 is 9.84 Å². The minimum Gasteiger partial charge on any atom is -0.394 e. The van der Waals surface area contributed by atoms with Crippen molar-refractivity contribution in [3.05, 3.63) is 53.2 Å². The number of rotatable bonds is 6. The number of nitrogens with zero attached hydrogens (tertiary/aromatic N) is 2. The zero-order valence-corrected chi connectivity index (χ0v) is 16.1. The number of anilines is 1. The van der Waals surface area contributed by atoms with Gasteiger partial charge in [0.2, 0.25) is 5.91 Å². The van der Waals surface area contributed by atoms with Crippen LogP contribution >= 0.6 is 11.6 Å². The van der Waals surface area contributed by atoms with Crippen LogP contribution in [0.5, 0.6) is 0 Å². The van der Waals surface area contributed by atoms with Gasteiger partial charge in [-0.1, -0.05) is 29.8 Å². The summed E-state index contributed by atoms with van der Waals surface area (Å²) in [6.45, 7) is 0.0673. The highest BCUT2D eigenvalue weighted by molar-refractivity contribution is 7.91. The fraction of sp³-hybridized carbons (Fsp3) is 0.222. The van der Waals surface area contributed by atoms with Gasteiger partial charge in [0.05, 0.1) is 36.2 Å². The molecule has 0 fully saturated rings. The average molecular weight is 408 g/mol. The second-order valence-electron chi connectivity index (χ2n) is 6.09. The number of sulfone groups is 1. The van der Waals surface area contributed by atoms with Gasteiger partial charge in [0.1, 0.15) is 0 Å². The number of carbonyl (C=O) groups excluding carboxylic acids is 1. The molecule has 0 radical (unpaired) electrons. The number of halogens is 1. The fourth-order valence-electron chi connectivity index (χ4n) is 2.82. The van der Waals surface area contributed by atoms with Crippen molar-refractivity contribution in [2.24, 2.45) is 0 Å². The van der Waals surface area contributed by atoms with Crippen LogP contribution in [0.4, 0.5) is 5.69 Å². The highest BCUT2D eigenvalue weighted by Crippen LogP contribution is 2.28. The van der Waals surface area contributed by atoms with E-state index in [1.807, 2.05) is 0 Å². The van der Waals surface area contributed by atoms with Crippen molar-refractivity contribution >= 4 is 43.9 Å². The van der Waals surface area contributed by atoms with Crippen molar-refractivity contribution in [1.82, 2.24) is 9.78 Å². The molecule has 1 heterocycles. The molecular formula is C18H18ClN3O4S. The Balaban J connectivity index is 1.97. The number of amides is 1. The Kier molecular flexibility index (Phi) is 5.50. The van der Waals surface area contributed by atoms with Gasteiger partial charge in [0, 0.05) is 22.4 Å². The highest BCUT2D eigenvalue weighted by atomic mass is 35.5. The maximum Gasteiger partial charge on any atom is 0.228 e. The number of nitrogens with one attached hydrogen (secondary N) is 1. The molecule has 0 aliphatic heterocycles. The van der Waals surface area contributed by atoms with E-state index in [-0.39, 0.29) is 30.4 Å². The first-order valence-electron chi connectivity index (χ1n) is 8.13. The molecular weight excluding hydrogens is 390 g/mol. The first kappa shape index (κ1) is 19.3. The molecule has 0 unspecified atom stereocenters. The van der Waals surface area contributed by atoms with Gasteiger partial charge in [-0.15, -0.1) is 0 Å². The van der Waals surface area contributed by atoms with Gasteiger partial charge in [-0.3, -0.25) is 9.48 Å². The molecule has 3 aromatic rings. The van der Waals surface area contributed by atoms with Crippen molar-refractivity contribution in [2.75, 3.05) is 18.2 Å². The van der Waals surface area contributed by atoms with Gasteiger partial charge in [0.25, 0.3) is 0 Å². The van der Waals surface area contributed by atoms with E-state index in [1.165, 1.54) is 16.9 Å². The van der Waals surface area contributed by atoms with E-state index in [0.29, 0.717) is 27.2 Å². The van der Waals surface area contributed by atoms with Crippen LogP contribution in [-0.2, 0) is 27.6 Å². The number of hydrogen-bond acceptors (Lipinski definition) is 5. The molecule has 0 bridgehead atoms. The summed E-state index contributed by atoms with van der Waals surface area (Å²) in [6.07, 6.45) is 2.60. The van der Waals surface area contributed by atoms with E-state index >= 15 is 0 Å². The topological polar surface area (TPSA) is 101 Å². The lowest BCUT2D eigenvalue weighted by molar-refractivity contribution is -0.115. The summed E-state index contributed by atoms with van der Waals surface area (Å²) < 4.78 is 25.8. The molecule has 2 N–H and O–H groups in total. The molecule has 0 saturated heterocycles. The van der Waals surface area contributed by atoms with Crippen molar-refractivity contribution in [1.29, 1.82) is 0 Å². The lowest BCUT2D eigenvalue weighted by Crippen LogP contribution is -2.15. The van der Waals surface area contributed by atoms with Gasteiger partial charge < -0.3 is 10.4 Å². The first-order chi connectivity index (χ1) is 12.8. The van der Waals surface area contributed by atoms with Crippen molar-refractivity contribution in [3.8, 4) is 0 Å². The van der Waals surface area contributed by atoms with E-state index in [1.54, 1.807) is 30.3 Å². The summed E-state index contributed by atoms with van der Waals surface area (Å²) in [7, 11) is -3.54. The predicted molar refractivity (Wildman–Crippen MR) is 104 cm³/mol. The van der Waals surface area contributed by atoms with Crippen LogP contribution in [-0.4, -0.2) is 42.1 Å². The third-order valence-corrected chi connectivity index (χ3v) is 5.53. The standard InChI is InChI=1S/C18H18ClN3O4S/c1-27(25,26)17-10-13(9-16-14(17)11-20-22(16)6-7-23)21-18(24)8-12-4-2-3-5-15(12)19/h2-5,9-11,23H,6-8H2,1H3,(H,21,24). The summed E-state index contributed by atoms with van der Waals surface area (Å²) in [5, 5.41) is 16.9. The number of aromatic nitrogens is 2. The molecule has 0 aliphatic rings. The zero-order valence-electron chi connectivity index (χ0n) is 14.5. The number of aliphatic hydroxyl groups is 1. The van der Waals surface area contributed by atoms with Crippen LogP contribution in [0, 0.1) is 0 Å². The smallest absolute Gasteiger partial charge is 0.228 e. The maximum atomic E-state index is 12.4. The van der Waals surface area contributed by atoms with Crippen LogP contribution in [0.25, 0.3) is 10.9 Å². The summed E-state index contributed by atoms with van der Waals surface area (Å²) in [6, 6.07) is 10.1. The summed E-state index contributed by atoms with van der Waals surface area (Å²) in [5.74, 6) is -0.324. The summed E-state index contributed by atoms with van der Waals surface area (Å²) in [4.78, 5) is 12.5. The maximum absolute atomic E-state index is 12.4. The van der Waals surface area contributed by atoms with E-state index in [9.17, 15) is 18.3 Å². The molecule has 1 amide bonds. The molecule has 1 aromatic heterocycles. The van der Waals surface area contributed by atoms with Gasteiger partial charge in [-0.05, 0) is 23.8 Å². The fourth-order valence-corrected chi connectivity index (χ4v) is 3.92. The second-order valence-corrected chi connectivity index (χ2v) is 8.48. The Labute approximate surface area is 161 Å². The molecule has 2 aromatic carbocycles. The van der Waals surface area contributed by atoms with Gasteiger partial charge in [-0.25, -0.2) is 8.42 Å². The Morgan fingerprint density at radius 3 is 2.70 bits per heavy atom. The largest absolute Gasteiger partial charge is 0.394 e. The summed E-state index contributed by atoms with van der Waals surface area (Å²) in [5.41, 5.74) is 1.52. The van der Waals surface area contributed by atoms with Gasteiger partial charge in [-0.2, -0.15) is 5.10 Å². The summed E-state index contributed by atoms with van der Waals surface area (Å²) >= 11 is 6.08. The van der Waals surface area contributed by atoms with E-state index in [4.69, 9.17) is 11.6 Å². The SMILES string of the molecule is CS(=O)(=O)c1cc(NC(=O)Cc2ccccc2Cl)cc2c1cnn2CCO. The van der Waals surface area contributed by atoms with Crippen molar-refractivity contribution < 1.29 is 18.3 Å². The number of hydrogen-bond donors (Lipinski definition) is 2. The van der Waals surface area contributed by atoms with Crippen LogP contribution in [0.3, 0.4) is 0 Å². The van der Waals surface area contributed by atoms with Crippen LogP contribution < -0.4 is 5.32 Å². The number of fused-ring (bicyclic) bond motifs is 1. The molecule has 0 atom stereocenters. The molecule has 0 aliphatic carbocycles. The lowest BCUT2D eigenvalue weighted by atomic mass is 10.1. The number of benzene rings is 2. The number of aliphatic hydroxyl groups excluding tert-OH is 1. The third-order valence-electron chi connectivity index (χ3n) is 4.03. The molecule has 27 heavy (non-hydrogen) atoms. The molecule has 9 heteroatoms. The first-order valence-corrected chi connectivity index (χ1v) is 10.4. The lowest BCUT2D eigenvalue weighted by Gasteiger charge is -2.10. The second kappa shape index (κ2) is 7.67. The van der Waals surface area contributed by atoms with Crippen LogP contribution in [0.1, 0.15) is 5.56 Å². The number of carbonyl (C=O) groups is 1. The molecule has 7 nitrogen and oxygen atoms in total. The Bertz CT molecular complexity index is 1110. The molecule has 0 spiro atoms. The Morgan fingerprint density at radius 2 is 2.04 bits per heavy atom. The normalized spacial score (nSPS) is 11.7. The molecule has 142 valence electrons. The van der Waals surface area contributed by atoms with Crippen molar-refractivity contribution in [3.63, 3.8) is 0 Å². The monoisotopic (exact) mass is 407 g/mol. The van der Waals surface area contributed by atoms with Crippen LogP contribution in [0.2, 0.25) is 5.02 Å².